The van der Waals surface area contributed by atoms with Crippen molar-refractivity contribution >= 4 is 0 Å². The zero-order valence-electron chi connectivity index (χ0n) is 11.4. The first-order valence-corrected chi connectivity index (χ1v) is 6.68. The van der Waals surface area contributed by atoms with Crippen molar-refractivity contribution in [3.63, 3.8) is 0 Å². The Labute approximate surface area is 113 Å². The number of hydrogen-bond acceptors (Lipinski definition) is 2. The smallest absolute Gasteiger partial charge is 0.123 e. The number of aromatic nitrogens is 2. The zero-order valence-corrected chi connectivity index (χ0v) is 11.4. The molecule has 0 saturated carbocycles. The molecule has 0 aliphatic heterocycles. The summed E-state index contributed by atoms with van der Waals surface area (Å²) in [5, 5.41) is 7.70. The first-order valence-electron chi connectivity index (χ1n) is 6.68. The van der Waals surface area contributed by atoms with E-state index >= 15 is 0 Å². The highest BCUT2D eigenvalue weighted by Crippen LogP contribution is 2.10. The molecule has 0 aliphatic rings. The summed E-state index contributed by atoms with van der Waals surface area (Å²) in [6, 6.07) is 6.88. The van der Waals surface area contributed by atoms with E-state index in [1.54, 1.807) is 16.8 Å². The van der Waals surface area contributed by atoms with Crippen LogP contribution in [0, 0.1) is 5.82 Å². The van der Waals surface area contributed by atoms with E-state index in [1.165, 1.54) is 17.7 Å². The summed E-state index contributed by atoms with van der Waals surface area (Å²) in [7, 11) is 0. The molecule has 0 bridgehead atoms. The second-order valence-electron chi connectivity index (χ2n) is 4.98. The number of hydrogen-bond donors (Lipinski definition) is 1. The van der Waals surface area contributed by atoms with E-state index in [9.17, 15) is 4.39 Å². The van der Waals surface area contributed by atoms with Gasteiger partial charge in [0.2, 0.25) is 0 Å². The summed E-state index contributed by atoms with van der Waals surface area (Å²) >= 11 is 0. The maximum atomic E-state index is 12.8. The Kier molecular flexibility index (Phi) is 4.68. The zero-order chi connectivity index (χ0) is 13.7. The van der Waals surface area contributed by atoms with Gasteiger partial charge in [-0.15, -0.1) is 0 Å². The van der Waals surface area contributed by atoms with Gasteiger partial charge in [0.25, 0.3) is 0 Å². The van der Waals surface area contributed by atoms with Crippen molar-refractivity contribution in [2.45, 2.75) is 32.7 Å². The first kappa shape index (κ1) is 13.7. The lowest BCUT2D eigenvalue weighted by Crippen LogP contribution is -2.23. The molecule has 1 aromatic heterocycles. The van der Waals surface area contributed by atoms with Gasteiger partial charge in [0.05, 0.1) is 11.9 Å². The Morgan fingerprint density at radius 1 is 1.26 bits per heavy atom. The molecule has 102 valence electrons. The van der Waals surface area contributed by atoms with Gasteiger partial charge in [0.1, 0.15) is 5.82 Å². The number of rotatable bonds is 6. The van der Waals surface area contributed by atoms with Crippen molar-refractivity contribution in [3.8, 4) is 5.69 Å². The third kappa shape index (κ3) is 4.17. The van der Waals surface area contributed by atoms with E-state index in [1.807, 2.05) is 12.4 Å². The van der Waals surface area contributed by atoms with Gasteiger partial charge >= 0.3 is 0 Å². The number of halogens is 1. The summed E-state index contributed by atoms with van der Waals surface area (Å²) in [6.07, 6.45) is 5.97. The van der Waals surface area contributed by atoms with Crippen LogP contribution in [-0.2, 0) is 6.42 Å². The van der Waals surface area contributed by atoms with Crippen LogP contribution >= 0.6 is 0 Å². The van der Waals surface area contributed by atoms with Crippen LogP contribution in [0.15, 0.2) is 36.7 Å². The van der Waals surface area contributed by atoms with Crippen molar-refractivity contribution in [2.75, 3.05) is 6.54 Å². The molecule has 0 amide bonds. The molecule has 2 aromatic rings. The summed E-state index contributed by atoms with van der Waals surface area (Å²) in [5.74, 6) is -0.226. The number of benzene rings is 1. The fourth-order valence-electron chi connectivity index (χ4n) is 1.91. The Balaban J connectivity index is 1.90. The number of aryl methyl sites for hydroxylation is 1. The molecule has 0 atom stereocenters. The molecule has 4 heteroatoms. The second-order valence-corrected chi connectivity index (χ2v) is 4.98. The minimum Gasteiger partial charge on any atom is -0.315 e. The van der Waals surface area contributed by atoms with E-state index in [0.717, 1.165) is 25.1 Å². The third-order valence-electron chi connectivity index (χ3n) is 2.92. The van der Waals surface area contributed by atoms with E-state index < -0.39 is 0 Å². The predicted octanol–water partition coefficient (Wildman–Crippen LogP) is 2.94. The highest BCUT2D eigenvalue weighted by Gasteiger charge is 2.01. The largest absolute Gasteiger partial charge is 0.315 e. The topological polar surface area (TPSA) is 29.9 Å². The van der Waals surface area contributed by atoms with Gasteiger partial charge in [-0.1, -0.05) is 13.8 Å². The van der Waals surface area contributed by atoms with E-state index in [4.69, 9.17) is 0 Å². The molecular formula is C15H20FN3. The molecule has 0 saturated heterocycles. The van der Waals surface area contributed by atoms with Crippen LogP contribution in [-0.4, -0.2) is 22.4 Å². The fraction of sp³-hybridized carbons (Fsp3) is 0.400. The standard InChI is InChI=1S/C15H20FN3/c1-12(2)17-9-3-4-13-10-18-19(11-13)15-7-5-14(16)6-8-15/h5-8,10-12,17H,3-4,9H2,1-2H3. The molecule has 0 aliphatic carbocycles. The van der Waals surface area contributed by atoms with Crippen LogP contribution in [0.2, 0.25) is 0 Å². The second kappa shape index (κ2) is 6.48. The maximum Gasteiger partial charge on any atom is 0.123 e. The highest BCUT2D eigenvalue weighted by molar-refractivity contribution is 5.31. The predicted molar refractivity (Wildman–Crippen MR) is 75.0 cm³/mol. The summed E-state index contributed by atoms with van der Waals surface area (Å²) in [4.78, 5) is 0. The quantitative estimate of drug-likeness (QED) is 0.810. The maximum absolute atomic E-state index is 12.8. The average Bonchev–Trinajstić information content (AvgIpc) is 2.84. The van der Waals surface area contributed by atoms with E-state index in [2.05, 4.69) is 24.3 Å². The van der Waals surface area contributed by atoms with Crippen LogP contribution in [0.4, 0.5) is 4.39 Å². The molecule has 1 aromatic carbocycles. The lowest BCUT2D eigenvalue weighted by Gasteiger charge is -2.06. The van der Waals surface area contributed by atoms with Gasteiger partial charge in [-0.05, 0) is 49.2 Å². The lowest BCUT2D eigenvalue weighted by molar-refractivity contribution is 0.570. The minimum atomic E-state index is -0.226. The molecular weight excluding hydrogens is 241 g/mol. The molecule has 1 N–H and O–H groups in total. The molecule has 0 radical (unpaired) electrons. The monoisotopic (exact) mass is 261 g/mol. The van der Waals surface area contributed by atoms with Crippen LogP contribution in [0.1, 0.15) is 25.8 Å². The van der Waals surface area contributed by atoms with Crippen molar-refractivity contribution in [1.82, 2.24) is 15.1 Å². The molecule has 0 spiro atoms. The fourth-order valence-corrected chi connectivity index (χ4v) is 1.91. The van der Waals surface area contributed by atoms with E-state index in [0.29, 0.717) is 6.04 Å². The lowest BCUT2D eigenvalue weighted by atomic mass is 10.2. The SMILES string of the molecule is CC(C)NCCCc1cnn(-c2ccc(F)cc2)c1. The Morgan fingerprint density at radius 3 is 2.68 bits per heavy atom. The van der Waals surface area contributed by atoms with Crippen LogP contribution in [0.5, 0.6) is 0 Å². The van der Waals surface area contributed by atoms with Crippen LogP contribution in [0.3, 0.4) is 0 Å². The number of nitrogens with zero attached hydrogens (tertiary/aromatic N) is 2. The van der Waals surface area contributed by atoms with Gasteiger partial charge < -0.3 is 5.32 Å². The summed E-state index contributed by atoms with van der Waals surface area (Å²) in [6.45, 7) is 5.30. The molecule has 3 nitrogen and oxygen atoms in total. The normalized spacial score (nSPS) is 11.2. The first-order chi connectivity index (χ1) is 9.15. The van der Waals surface area contributed by atoms with Gasteiger partial charge in [-0.2, -0.15) is 5.10 Å². The molecule has 2 rings (SSSR count). The van der Waals surface area contributed by atoms with E-state index in [-0.39, 0.29) is 5.82 Å². The molecule has 0 fully saturated rings. The van der Waals surface area contributed by atoms with Crippen LogP contribution in [0.25, 0.3) is 5.69 Å². The minimum absolute atomic E-state index is 0.226. The van der Waals surface area contributed by atoms with Gasteiger partial charge in [0.15, 0.2) is 0 Å². The van der Waals surface area contributed by atoms with Gasteiger partial charge in [-0.3, -0.25) is 0 Å². The van der Waals surface area contributed by atoms with Crippen molar-refractivity contribution in [2.24, 2.45) is 0 Å². The molecule has 19 heavy (non-hydrogen) atoms. The van der Waals surface area contributed by atoms with Crippen molar-refractivity contribution in [3.05, 3.63) is 48.0 Å². The third-order valence-corrected chi connectivity index (χ3v) is 2.92. The van der Waals surface area contributed by atoms with Crippen LogP contribution < -0.4 is 5.32 Å². The summed E-state index contributed by atoms with van der Waals surface area (Å²) < 4.78 is 14.6. The molecule has 0 unspecified atom stereocenters. The number of nitrogens with one attached hydrogen (secondary N) is 1. The van der Waals surface area contributed by atoms with Crippen molar-refractivity contribution < 1.29 is 4.39 Å². The summed E-state index contributed by atoms with van der Waals surface area (Å²) in [5.41, 5.74) is 2.09. The Hall–Kier alpha value is -1.68. The average molecular weight is 261 g/mol. The Bertz CT molecular complexity index is 502. The van der Waals surface area contributed by atoms with Crippen molar-refractivity contribution in [1.29, 1.82) is 0 Å². The highest BCUT2D eigenvalue weighted by atomic mass is 19.1. The Morgan fingerprint density at radius 2 is 2.00 bits per heavy atom. The molecule has 1 heterocycles. The van der Waals surface area contributed by atoms with Gasteiger partial charge in [-0.25, -0.2) is 9.07 Å². The van der Waals surface area contributed by atoms with Gasteiger partial charge in [0, 0.05) is 12.2 Å².